The van der Waals surface area contributed by atoms with Crippen molar-refractivity contribution >= 4 is 23.7 Å². The fourth-order valence-electron chi connectivity index (χ4n) is 2.75. The lowest BCUT2D eigenvalue weighted by Gasteiger charge is -2.07. The molecule has 0 aliphatic carbocycles. The maximum atomic E-state index is 11.5. The molecule has 6 heteroatoms. The van der Waals surface area contributed by atoms with E-state index in [1.54, 1.807) is 16.8 Å². The van der Waals surface area contributed by atoms with E-state index in [-0.39, 0.29) is 0 Å². The maximum absolute atomic E-state index is 11.5. The molecule has 0 aliphatic rings. The van der Waals surface area contributed by atoms with Gasteiger partial charge in [0.1, 0.15) is 6.33 Å². The molecule has 0 bridgehead atoms. The first-order valence-corrected chi connectivity index (χ1v) is 8.03. The van der Waals surface area contributed by atoms with Gasteiger partial charge in [-0.25, -0.2) is 9.50 Å². The molecule has 3 heterocycles. The molecule has 0 saturated carbocycles. The lowest BCUT2D eigenvalue weighted by atomic mass is 10.1. The summed E-state index contributed by atoms with van der Waals surface area (Å²) in [7, 11) is 0. The van der Waals surface area contributed by atoms with Crippen LogP contribution in [-0.4, -0.2) is 25.5 Å². The molecule has 0 radical (unpaired) electrons. The Morgan fingerprint density at radius 2 is 1.81 bits per heavy atom. The Bertz CT molecular complexity index is 1100. The molecular weight excluding hydrogens is 326 g/mol. The van der Waals surface area contributed by atoms with E-state index in [0.717, 1.165) is 22.4 Å². The number of aromatic nitrogens is 4. The van der Waals surface area contributed by atoms with E-state index >= 15 is 0 Å². The molecule has 0 saturated heterocycles. The molecule has 0 atom stereocenters. The number of fused-ring (bicyclic) bond motifs is 1. The van der Waals surface area contributed by atoms with Crippen LogP contribution in [-0.2, 0) is 0 Å². The topological polar surface area (TPSA) is 86.2 Å². The number of primary amides is 1. The molecule has 0 aliphatic heterocycles. The van der Waals surface area contributed by atoms with E-state index in [4.69, 9.17) is 5.73 Å². The first kappa shape index (κ1) is 15.7. The zero-order chi connectivity index (χ0) is 17.9. The van der Waals surface area contributed by atoms with Crippen molar-refractivity contribution in [2.45, 2.75) is 0 Å². The van der Waals surface area contributed by atoms with Crippen LogP contribution in [0.15, 0.2) is 67.3 Å². The van der Waals surface area contributed by atoms with Gasteiger partial charge in [0, 0.05) is 18.0 Å². The Hall–Kier alpha value is -3.80. The number of nitrogens with two attached hydrogens (primary N) is 1. The molecule has 2 N–H and O–H groups in total. The summed E-state index contributed by atoms with van der Waals surface area (Å²) in [6.07, 6.45) is 9.02. The van der Waals surface area contributed by atoms with Crippen LogP contribution < -0.4 is 5.73 Å². The maximum Gasteiger partial charge on any atom is 0.252 e. The van der Waals surface area contributed by atoms with Gasteiger partial charge >= 0.3 is 0 Å². The van der Waals surface area contributed by atoms with Gasteiger partial charge in [-0.2, -0.15) is 5.10 Å². The minimum absolute atomic E-state index is 0.349. The van der Waals surface area contributed by atoms with Crippen LogP contribution >= 0.6 is 0 Å². The molecule has 6 nitrogen and oxygen atoms in total. The number of benzene rings is 1. The van der Waals surface area contributed by atoms with Gasteiger partial charge in [-0.15, -0.1) is 0 Å². The molecule has 1 aromatic carbocycles. The molecule has 26 heavy (non-hydrogen) atoms. The van der Waals surface area contributed by atoms with Crippen molar-refractivity contribution in [3.8, 4) is 11.3 Å². The number of hydrogen-bond donors (Lipinski definition) is 1. The van der Waals surface area contributed by atoms with Crippen LogP contribution in [0.4, 0.5) is 0 Å². The molecule has 0 fully saturated rings. The Morgan fingerprint density at radius 1 is 1.00 bits per heavy atom. The number of carbonyl (C=O) groups is 1. The van der Waals surface area contributed by atoms with Crippen LogP contribution in [0.1, 0.15) is 21.5 Å². The number of pyridine rings is 2. The summed E-state index contributed by atoms with van der Waals surface area (Å²) in [6, 6.07) is 15.5. The summed E-state index contributed by atoms with van der Waals surface area (Å²) in [4.78, 5) is 19.8. The van der Waals surface area contributed by atoms with E-state index in [2.05, 4.69) is 15.1 Å². The monoisotopic (exact) mass is 341 g/mol. The smallest absolute Gasteiger partial charge is 0.252 e. The van der Waals surface area contributed by atoms with Gasteiger partial charge in [0.15, 0.2) is 5.65 Å². The summed E-state index contributed by atoms with van der Waals surface area (Å²) in [5, 5.41) is 4.21. The highest BCUT2D eigenvalue weighted by molar-refractivity contribution is 5.99. The Kier molecular flexibility index (Phi) is 3.99. The zero-order valence-corrected chi connectivity index (χ0v) is 13.8. The molecule has 0 unspecified atom stereocenters. The van der Waals surface area contributed by atoms with Crippen molar-refractivity contribution in [3.05, 3.63) is 83.9 Å². The van der Waals surface area contributed by atoms with Crippen LogP contribution in [0.25, 0.3) is 29.1 Å². The molecule has 0 spiro atoms. The van der Waals surface area contributed by atoms with Crippen LogP contribution in [0.5, 0.6) is 0 Å². The number of rotatable bonds is 4. The predicted molar refractivity (Wildman–Crippen MR) is 100 cm³/mol. The Morgan fingerprint density at radius 3 is 2.54 bits per heavy atom. The lowest BCUT2D eigenvalue weighted by molar-refractivity contribution is 0.100. The van der Waals surface area contributed by atoms with Crippen LogP contribution in [0.3, 0.4) is 0 Å². The predicted octanol–water partition coefficient (Wildman–Crippen LogP) is 3.06. The SMILES string of the molecule is NC(=O)c1ccc(-c2ccc(/C=C/c3cccnc3)cc2)n2ncnc12. The van der Waals surface area contributed by atoms with E-state index in [1.807, 2.05) is 60.8 Å². The summed E-state index contributed by atoms with van der Waals surface area (Å²) in [5.74, 6) is -0.523. The number of carbonyl (C=O) groups excluding carboxylic acids is 1. The van der Waals surface area contributed by atoms with Crippen molar-refractivity contribution < 1.29 is 4.79 Å². The van der Waals surface area contributed by atoms with Crippen molar-refractivity contribution in [3.63, 3.8) is 0 Å². The van der Waals surface area contributed by atoms with Gasteiger partial charge in [-0.05, 0) is 29.3 Å². The van der Waals surface area contributed by atoms with Gasteiger partial charge in [-0.1, -0.05) is 42.5 Å². The van der Waals surface area contributed by atoms with Crippen molar-refractivity contribution in [2.24, 2.45) is 5.73 Å². The van der Waals surface area contributed by atoms with Gasteiger partial charge in [0.05, 0.1) is 11.3 Å². The standard InChI is InChI=1S/C20H15N5O/c21-19(26)17-9-10-18(25-20(17)23-13-24-25)16-7-5-14(6-8-16)3-4-15-2-1-11-22-12-15/h1-13H,(H2,21,26)/b4-3+. The Balaban J connectivity index is 1.66. The van der Waals surface area contributed by atoms with E-state index in [9.17, 15) is 4.79 Å². The number of nitrogens with zero attached hydrogens (tertiary/aromatic N) is 4. The van der Waals surface area contributed by atoms with Crippen LogP contribution in [0, 0.1) is 0 Å². The van der Waals surface area contributed by atoms with Gasteiger partial charge < -0.3 is 5.73 Å². The second-order valence-corrected chi connectivity index (χ2v) is 5.73. The highest BCUT2D eigenvalue weighted by Gasteiger charge is 2.12. The van der Waals surface area contributed by atoms with Gasteiger partial charge in [0.25, 0.3) is 5.91 Å². The molecule has 3 aromatic heterocycles. The molecule has 4 rings (SSSR count). The fourth-order valence-corrected chi connectivity index (χ4v) is 2.75. The van der Waals surface area contributed by atoms with E-state index < -0.39 is 5.91 Å². The third-order valence-corrected chi connectivity index (χ3v) is 4.05. The Labute approximate surface area is 149 Å². The lowest BCUT2D eigenvalue weighted by Crippen LogP contribution is -2.13. The molecule has 4 aromatic rings. The highest BCUT2D eigenvalue weighted by atomic mass is 16.1. The first-order valence-electron chi connectivity index (χ1n) is 8.03. The second-order valence-electron chi connectivity index (χ2n) is 5.73. The molecular formula is C20H15N5O. The minimum atomic E-state index is -0.523. The zero-order valence-electron chi connectivity index (χ0n) is 13.8. The normalized spacial score (nSPS) is 11.2. The largest absolute Gasteiger partial charge is 0.365 e. The van der Waals surface area contributed by atoms with Crippen molar-refractivity contribution in [2.75, 3.05) is 0 Å². The average Bonchev–Trinajstić information content (AvgIpc) is 3.16. The summed E-state index contributed by atoms with van der Waals surface area (Å²) in [5.41, 5.74) is 10.1. The minimum Gasteiger partial charge on any atom is -0.365 e. The van der Waals surface area contributed by atoms with Gasteiger partial charge in [0.2, 0.25) is 0 Å². The number of hydrogen-bond acceptors (Lipinski definition) is 4. The van der Waals surface area contributed by atoms with Crippen molar-refractivity contribution in [1.82, 2.24) is 19.6 Å². The highest BCUT2D eigenvalue weighted by Crippen LogP contribution is 2.22. The van der Waals surface area contributed by atoms with E-state index in [1.165, 1.54) is 6.33 Å². The fraction of sp³-hybridized carbons (Fsp3) is 0. The molecule has 126 valence electrons. The van der Waals surface area contributed by atoms with Crippen LogP contribution in [0.2, 0.25) is 0 Å². The molecule has 1 amide bonds. The third kappa shape index (κ3) is 2.95. The second kappa shape index (κ2) is 6.60. The third-order valence-electron chi connectivity index (χ3n) is 4.05. The summed E-state index contributed by atoms with van der Waals surface area (Å²) >= 11 is 0. The number of amides is 1. The summed E-state index contributed by atoms with van der Waals surface area (Å²) < 4.78 is 1.63. The van der Waals surface area contributed by atoms with E-state index in [0.29, 0.717) is 11.2 Å². The van der Waals surface area contributed by atoms with Crippen molar-refractivity contribution in [1.29, 1.82) is 0 Å². The quantitative estimate of drug-likeness (QED) is 0.618. The average molecular weight is 341 g/mol. The summed E-state index contributed by atoms with van der Waals surface area (Å²) in [6.45, 7) is 0. The first-order chi connectivity index (χ1) is 12.7. The van der Waals surface area contributed by atoms with Gasteiger partial charge in [-0.3, -0.25) is 9.78 Å².